The molecule has 4 heteroatoms. The van der Waals surface area contributed by atoms with Crippen molar-refractivity contribution in [3.63, 3.8) is 0 Å². The van der Waals surface area contributed by atoms with Gasteiger partial charge in [0.1, 0.15) is 5.69 Å². The molecule has 4 nitrogen and oxygen atoms in total. The second-order valence-corrected chi connectivity index (χ2v) is 2.14. The highest BCUT2D eigenvalue weighted by Gasteiger charge is 1.96. The molecule has 0 bridgehead atoms. The van der Waals surface area contributed by atoms with Gasteiger partial charge in [-0.3, -0.25) is 0 Å². The van der Waals surface area contributed by atoms with Crippen molar-refractivity contribution in [3.8, 4) is 0 Å². The van der Waals surface area contributed by atoms with Crippen LogP contribution in [0.5, 0.6) is 0 Å². The summed E-state index contributed by atoms with van der Waals surface area (Å²) < 4.78 is 0. The van der Waals surface area contributed by atoms with E-state index in [4.69, 9.17) is 0 Å². The van der Waals surface area contributed by atoms with E-state index in [-0.39, 0.29) is 0 Å². The lowest BCUT2D eigenvalue weighted by Crippen LogP contribution is -1.67. The highest BCUT2D eigenvalue weighted by atomic mass is 16.3. The molecule has 0 spiro atoms. The second kappa shape index (κ2) is 2.16. The lowest BCUT2D eigenvalue weighted by atomic mass is 10.3. The Hall–Kier alpha value is -1.71. The molecule has 0 saturated heterocycles. The van der Waals surface area contributed by atoms with Crippen molar-refractivity contribution in [1.82, 2.24) is 9.97 Å². The largest absolute Gasteiger partial charge is 0.335 e. The fourth-order valence-corrected chi connectivity index (χ4v) is 0.927. The summed E-state index contributed by atoms with van der Waals surface area (Å²) in [7, 11) is 0. The van der Waals surface area contributed by atoms with Crippen LogP contribution in [0.1, 0.15) is 0 Å². The lowest BCUT2D eigenvalue weighted by molar-refractivity contribution is 1.32. The number of aromatic amines is 1. The molecule has 1 N–H and O–H groups in total. The van der Waals surface area contributed by atoms with Crippen LogP contribution in [0.3, 0.4) is 0 Å². The zero-order valence-corrected chi connectivity index (χ0v) is 5.53. The summed E-state index contributed by atoms with van der Waals surface area (Å²) in [6.45, 7) is 0. The molecule has 0 aliphatic heterocycles. The summed E-state index contributed by atoms with van der Waals surface area (Å²) in [5.41, 5.74) is 1.97. The van der Waals surface area contributed by atoms with Crippen molar-refractivity contribution < 1.29 is 0 Å². The molecule has 0 aliphatic carbocycles. The molecule has 0 saturated carbocycles. The van der Waals surface area contributed by atoms with Crippen molar-refractivity contribution in [3.05, 3.63) is 29.4 Å². The smallest absolute Gasteiger partial charge is 0.174 e. The molecule has 0 aliphatic rings. The minimum atomic E-state index is 0.398. The summed E-state index contributed by atoms with van der Waals surface area (Å²) >= 11 is 0. The Bertz CT molecular complexity index is 393. The summed E-state index contributed by atoms with van der Waals surface area (Å²) in [5.74, 6) is 0. The lowest BCUT2D eigenvalue weighted by Gasteiger charge is -1.87. The van der Waals surface area contributed by atoms with Crippen LogP contribution in [0.2, 0.25) is 0 Å². The SMILES string of the molecule is O=Nc1ccc2n[c][nH]c2c1. The number of nitroso groups, excluding NO2 is 1. The van der Waals surface area contributed by atoms with Gasteiger partial charge in [-0.15, -0.1) is 4.91 Å². The van der Waals surface area contributed by atoms with Crippen LogP contribution in [-0.2, 0) is 0 Å². The van der Waals surface area contributed by atoms with Crippen LogP contribution >= 0.6 is 0 Å². The number of nitrogens with one attached hydrogen (secondary N) is 1. The molecule has 0 atom stereocenters. The standard InChI is InChI=1S/C7H4N3O/c11-10-5-1-2-6-7(3-5)9-4-8-6/h1-3H,(H,8,9). The number of hydrogen-bond acceptors (Lipinski definition) is 3. The molecule has 11 heavy (non-hydrogen) atoms. The van der Waals surface area contributed by atoms with Crippen LogP contribution in [0, 0.1) is 11.2 Å². The third kappa shape index (κ3) is 0.881. The Balaban J connectivity index is 2.76. The number of nitrogens with zero attached hydrogens (tertiary/aromatic N) is 2. The topological polar surface area (TPSA) is 58.1 Å². The van der Waals surface area contributed by atoms with E-state index < -0.39 is 0 Å². The van der Waals surface area contributed by atoms with Crippen LogP contribution in [0.4, 0.5) is 5.69 Å². The second-order valence-electron chi connectivity index (χ2n) is 2.14. The van der Waals surface area contributed by atoms with Gasteiger partial charge < -0.3 is 4.98 Å². The molecular formula is C7H4N3O. The number of hydrogen-bond donors (Lipinski definition) is 1. The van der Waals surface area contributed by atoms with E-state index in [1.165, 1.54) is 0 Å². The van der Waals surface area contributed by atoms with Gasteiger partial charge in [-0.05, 0) is 23.4 Å². The van der Waals surface area contributed by atoms with Crippen molar-refractivity contribution in [2.45, 2.75) is 0 Å². The maximum atomic E-state index is 10.1. The van der Waals surface area contributed by atoms with Crippen molar-refractivity contribution >= 4 is 16.7 Å². The molecule has 1 aromatic carbocycles. The number of aromatic nitrogens is 2. The zero-order chi connectivity index (χ0) is 7.68. The van der Waals surface area contributed by atoms with Crippen LogP contribution in [-0.4, -0.2) is 9.97 Å². The van der Waals surface area contributed by atoms with Gasteiger partial charge in [0.15, 0.2) is 6.33 Å². The first kappa shape index (κ1) is 6.03. The van der Waals surface area contributed by atoms with Gasteiger partial charge in [0.25, 0.3) is 0 Å². The summed E-state index contributed by atoms with van der Waals surface area (Å²) in [6, 6.07) is 4.97. The van der Waals surface area contributed by atoms with E-state index in [2.05, 4.69) is 21.5 Å². The molecule has 1 heterocycles. The first-order valence-corrected chi connectivity index (χ1v) is 3.09. The normalized spacial score (nSPS) is 10.2. The summed E-state index contributed by atoms with van der Waals surface area (Å²) in [5, 5.41) is 2.79. The first-order valence-electron chi connectivity index (χ1n) is 3.09. The molecule has 53 valence electrons. The molecular weight excluding hydrogens is 142 g/mol. The average Bonchev–Trinajstić information content (AvgIpc) is 2.50. The molecule has 2 rings (SSSR count). The van der Waals surface area contributed by atoms with Crippen molar-refractivity contribution in [2.24, 2.45) is 5.18 Å². The fraction of sp³-hybridized carbons (Fsp3) is 0. The average molecular weight is 146 g/mol. The Labute approximate surface area is 62.2 Å². The van der Waals surface area contributed by atoms with Gasteiger partial charge in [-0.25, -0.2) is 4.98 Å². The number of fused-ring (bicyclic) bond motifs is 1. The van der Waals surface area contributed by atoms with Crippen LogP contribution in [0.25, 0.3) is 11.0 Å². The van der Waals surface area contributed by atoms with E-state index in [1.807, 2.05) is 0 Å². The van der Waals surface area contributed by atoms with E-state index in [0.717, 1.165) is 11.0 Å². The summed E-state index contributed by atoms with van der Waals surface area (Å²) in [4.78, 5) is 16.7. The van der Waals surface area contributed by atoms with Gasteiger partial charge in [0.2, 0.25) is 0 Å². The minimum Gasteiger partial charge on any atom is -0.335 e. The summed E-state index contributed by atoms with van der Waals surface area (Å²) in [6.07, 6.45) is 2.57. The molecule has 0 unspecified atom stereocenters. The van der Waals surface area contributed by atoms with Gasteiger partial charge in [0, 0.05) is 0 Å². The fourth-order valence-electron chi connectivity index (χ4n) is 0.927. The minimum absolute atomic E-state index is 0.398. The van der Waals surface area contributed by atoms with E-state index in [9.17, 15) is 4.91 Å². The Morgan fingerprint density at radius 1 is 1.55 bits per heavy atom. The monoisotopic (exact) mass is 146 g/mol. The quantitative estimate of drug-likeness (QED) is 0.623. The van der Waals surface area contributed by atoms with Crippen molar-refractivity contribution in [1.29, 1.82) is 0 Å². The van der Waals surface area contributed by atoms with Crippen LogP contribution in [0.15, 0.2) is 23.4 Å². The molecule has 0 fully saturated rings. The maximum Gasteiger partial charge on any atom is 0.174 e. The molecule has 1 radical (unpaired) electrons. The third-order valence-corrected chi connectivity index (χ3v) is 1.45. The predicted molar refractivity (Wildman–Crippen MR) is 40.4 cm³/mol. The predicted octanol–water partition coefficient (Wildman–Crippen LogP) is 1.76. The highest BCUT2D eigenvalue weighted by Crippen LogP contribution is 2.17. The molecule has 0 amide bonds. The van der Waals surface area contributed by atoms with Gasteiger partial charge in [-0.1, -0.05) is 0 Å². The molecule has 2 aromatic rings. The van der Waals surface area contributed by atoms with Gasteiger partial charge in [0.05, 0.1) is 11.0 Å². The van der Waals surface area contributed by atoms with Crippen molar-refractivity contribution in [2.75, 3.05) is 0 Å². The number of rotatable bonds is 1. The van der Waals surface area contributed by atoms with Crippen LogP contribution < -0.4 is 0 Å². The van der Waals surface area contributed by atoms with Gasteiger partial charge >= 0.3 is 0 Å². The number of H-pyrrole nitrogens is 1. The number of benzene rings is 1. The van der Waals surface area contributed by atoms with E-state index >= 15 is 0 Å². The Morgan fingerprint density at radius 3 is 3.27 bits per heavy atom. The maximum absolute atomic E-state index is 10.1. The number of imidazole rings is 1. The Morgan fingerprint density at radius 2 is 2.45 bits per heavy atom. The van der Waals surface area contributed by atoms with E-state index in [0.29, 0.717) is 5.69 Å². The third-order valence-electron chi connectivity index (χ3n) is 1.45. The Kier molecular flexibility index (Phi) is 1.18. The molecule has 1 aromatic heterocycles. The van der Waals surface area contributed by atoms with Gasteiger partial charge in [-0.2, -0.15) is 0 Å². The highest BCUT2D eigenvalue weighted by molar-refractivity contribution is 5.77. The van der Waals surface area contributed by atoms with E-state index in [1.54, 1.807) is 18.2 Å². The zero-order valence-electron chi connectivity index (χ0n) is 5.53. The first-order chi connectivity index (χ1) is 5.40.